The van der Waals surface area contributed by atoms with Gasteiger partial charge in [-0.15, -0.1) is 11.6 Å². The van der Waals surface area contributed by atoms with Gasteiger partial charge in [0.1, 0.15) is 11.3 Å². The van der Waals surface area contributed by atoms with Crippen LogP contribution in [-0.2, 0) is 6.42 Å². The van der Waals surface area contributed by atoms with Crippen LogP contribution in [-0.4, -0.2) is 15.4 Å². The van der Waals surface area contributed by atoms with Crippen LogP contribution in [0.15, 0.2) is 36.4 Å². The van der Waals surface area contributed by atoms with Crippen molar-refractivity contribution in [3.63, 3.8) is 0 Å². The number of rotatable bonds is 3. The number of hydrogen-bond donors (Lipinski definition) is 0. The molecule has 3 rings (SSSR count). The Morgan fingerprint density at radius 2 is 2.00 bits per heavy atom. The molecule has 108 valence electrons. The van der Waals surface area contributed by atoms with Gasteiger partial charge in [-0.2, -0.15) is 0 Å². The maximum atomic E-state index is 14.0. The Morgan fingerprint density at radius 3 is 2.76 bits per heavy atom. The number of aromatic nitrogens is 2. The minimum absolute atomic E-state index is 0.299. The number of hydrogen-bond acceptors (Lipinski definition) is 1. The topological polar surface area (TPSA) is 17.8 Å². The Labute approximate surface area is 128 Å². The molecule has 0 saturated heterocycles. The molecule has 0 saturated carbocycles. The number of nitrogens with zero attached hydrogens (tertiary/aromatic N) is 2. The highest BCUT2D eigenvalue weighted by Crippen LogP contribution is 2.26. The van der Waals surface area contributed by atoms with E-state index in [2.05, 4.69) is 23.2 Å². The van der Waals surface area contributed by atoms with Gasteiger partial charge in [0, 0.05) is 12.3 Å². The predicted octanol–water partition coefficient (Wildman–Crippen LogP) is 4.56. The Bertz CT molecular complexity index is 808. The molecule has 2 aromatic carbocycles. The molecule has 0 spiro atoms. The molecule has 4 heteroatoms. The van der Waals surface area contributed by atoms with Crippen molar-refractivity contribution < 1.29 is 4.39 Å². The van der Waals surface area contributed by atoms with Gasteiger partial charge in [0.25, 0.3) is 0 Å². The lowest BCUT2D eigenvalue weighted by molar-refractivity contribution is 0.637. The second-order valence-electron chi connectivity index (χ2n) is 5.20. The normalized spacial score (nSPS) is 11.2. The molecule has 0 aliphatic heterocycles. The van der Waals surface area contributed by atoms with Gasteiger partial charge < -0.3 is 0 Å². The van der Waals surface area contributed by atoms with Crippen LogP contribution in [0.4, 0.5) is 4.39 Å². The van der Waals surface area contributed by atoms with E-state index in [1.165, 1.54) is 6.07 Å². The number of alkyl halides is 1. The third kappa shape index (κ3) is 2.42. The summed E-state index contributed by atoms with van der Waals surface area (Å²) < 4.78 is 16.0. The third-order valence-electron chi connectivity index (χ3n) is 3.63. The minimum atomic E-state index is -0.299. The molecular weight excluding hydrogens is 287 g/mol. The van der Waals surface area contributed by atoms with Gasteiger partial charge in [-0.05, 0) is 43.2 Å². The number of benzene rings is 2. The maximum Gasteiger partial charge on any atom is 0.151 e. The first-order valence-electron chi connectivity index (χ1n) is 6.91. The van der Waals surface area contributed by atoms with Crippen LogP contribution in [0.25, 0.3) is 16.7 Å². The van der Waals surface area contributed by atoms with E-state index in [-0.39, 0.29) is 5.82 Å². The summed E-state index contributed by atoms with van der Waals surface area (Å²) in [7, 11) is 0. The zero-order valence-corrected chi connectivity index (χ0v) is 12.8. The van der Waals surface area contributed by atoms with Crippen molar-refractivity contribution in [3.8, 4) is 5.69 Å². The van der Waals surface area contributed by atoms with Crippen LogP contribution in [0.3, 0.4) is 0 Å². The van der Waals surface area contributed by atoms with E-state index >= 15 is 0 Å². The minimum Gasteiger partial charge on any atom is -0.296 e. The molecule has 1 heterocycles. The Balaban J connectivity index is 2.36. The summed E-state index contributed by atoms with van der Waals surface area (Å²) in [6.07, 6.45) is 0.600. The van der Waals surface area contributed by atoms with E-state index in [0.29, 0.717) is 17.8 Å². The fourth-order valence-corrected chi connectivity index (χ4v) is 2.76. The van der Waals surface area contributed by atoms with E-state index in [4.69, 9.17) is 11.6 Å². The predicted molar refractivity (Wildman–Crippen MR) is 84.9 cm³/mol. The Hall–Kier alpha value is -1.87. The molecule has 3 aromatic rings. The molecule has 0 atom stereocenters. The standard InChI is InChI=1S/C17H16ClFN2/c1-11-6-7-12(2)15(10-11)21-14-5-3-4-13(19)17(14)20-16(21)8-9-18/h3-7,10H,8-9H2,1-2H3. The van der Waals surface area contributed by atoms with Crippen molar-refractivity contribution in [3.05, 3.63) is 59.2 Å². The lowest BCUT2D eigenvalue weighted by Crippen LogP contribution is -2.04. The average molecular weight is 303 g/mol. The summed E-state index contributed by atoms with van der Waals surface area (Å²) in [5, 5.41) is 0. The summed E-state index contributed by atoms with van der Waals surface area (Å²) in [5.41, 5.74) is 4.50. The van der Waals surface area contributed by atoms with Crippen molar-refractivity contribution in [1.29, 1.82) is 0 Å². The number of fused-ring (bicyclic) bond motifs is 1. The van der Waals surface area contributed by atoms with Crippen LogP contribution in [0.2, 0.25) is 0 Å². The molecule has 0 bridgehead atoms. The fraction of sp³-hybridized carbons (Fsp3) is 0.235. The quantitative estimate of drug-likeness (QED) is 0.648. The van der Waals surface area contributed by atoms with Gasteiger partial charge in [0.2, 0.25) is 0 Å². The first kappa shape index (κ1) is 14.1. The van der Waals surface area contributed by atoms with Crippen molar-refractivity contribution in [2.24, 2.45) is 0 Å². The number of halogens is 2. The highest BCUT2D eigenvalue weighted by atomic mass is 35.5. The van der Waals surface area contributed by atoms with E-state index in [1.807, 2.05) is 24.5 Å². The largest absolute Gasteiger partial charge is 0.296 e. The summed E-state index contributed by atoms with van der Waals surface area (Å²) in [6.45, 7) is 4.09. The molecule has 0 fully saturated rings. The van der Waals surface area contributed by atoms with Gasteiger partial charge >= 0.3 is 0 Å². The van der Waals surface area contributed by atoms with Crippen LogP contribution >= 0.6 is 11.6 Å². The van der Waals surface area contributed by atoms with Crippen molar-refractivity contribution in [2.75, 3.05) is 5.88 Å². The first-order chi connectivity index (χ1) is 10.1. The lowest BCUT2D eigenvalue weighted by Gasteiger charge is -2.12. The number of imidazole rings is 1. The van der Waals surface area contributed by atoms with Crippen LogP contribution < -0.4 is 0 Å². The van der Waals surface area contributed by atoms with Crippen LogP contribution in [0, 0.1) is 19.7 Å². The highest BCUT2D eigenvalue weighted by Gasteiger charge is 2.16. The van der Waals surface area contributed by atoms with Gasteiger partial charge in [-0.1, -0.05) is 18.2 Å². The van der Waals surface area contributed by atoms with Gasteiger partial charge in [-0.25, -0.2) is 9.37 Å². The molecule has 0 N–H and O–H groups in total. The lowest BCUT2D eigenvalue weighted by atomic mass is 10.1. The molecule has 21 heavy (non-hydrogen) atoms. The van der Waals surface area contributed by atoms with Crippen molar-refractivity contribution in [1.82, 2.24) is 9.55 Å². The Morgan fingerprint density at radius 1 is 1.19 bits per heavy atom. The van der Waals surface area contributed by atoms with Gasteiger partial charge in [0.05, 0.1) is 11.2 Å². The molecule has 0 radical (unpaired) electrons. The second-order valence-corrected chi connectivity index (χ2v) is 5.58. The van der Waals surface area contributed by atoms with Crippen molar-refractivity contribution >= 4 is 22.6 Å². The summed E-state index contributed by atoms with van der Waals surface area (Å²) in [5.74, 6) is 0.946. The summed E-state index contributed by atoms with van der Waals surface area (Å²) in [6, 6.07) is 11.3. The van der Waals surface area contributed by atoms with Gasteiger partial charge in [0.15, 0.2) is 5.82 Å². The van der Waals surface area contributed by atoms with Gasteiger partial charge in [-0.3, -0.25) is 4.57 Å². The zero-order valence-electron chi connectivity index (χ0n) is 12.0. The molecule has 0 amide bonds. The average Bonchev–Trinajstić information content (AvgIpc) is 2.82. The molecule has 0 aliphatic carbocycles. The highest BCUT2D eigenvalue weighted by molar-refractivity contribution is 6.17. The fourth-order valence-electron chi connectivity index (χ4n) is 2.59. The number of aryl methyl sites for hydroxylation is 3. The molecule has 0 unspecified atom stereocenters. The van der Waals surface area contributed by atoms with E-state index < -0.39 is 0 Å². The molecule has 2 nitrogen and oxygen atoms in total. The SMILES string of the molecule is Cc1ccc(C)c(-n2c(CCCl)nc3c(F)cccc32)c1. The van der Waals surface area contributed by atoms with E-state index in [9.17, 15) is 4.39 Å². The molecule has 0 aliphatic rings. The molecule has 1 aromatic heterocycles. The first-order valence-corrected chi connectivity index (χ1v) is 7.44. The second kappa shape index (κ2) is 5.49. The number of para-hydroxylation sites is 1. The smallest absolute Gasteiger partial charge is 0.151 e. The Kier molecular flexibility index (Phi) is 3.68. The third-order valence-corrected chi connectivity index (χ3v) is 3.82. The summed E-state index contributed by atoms with van der Waals surface area (Å²) in [4.78, 5) is 4.45. The molecular formula is C17H16ClFN2. The summed E-state index contributed by atoms with van der Waals surface area (Å²) >= 11 is 5.89. The zero-order chi connectivity index (χ0) is 15.0. The maximum absolute atomic E-state index is 14.0. The monoisotopic (exact) mass is 302 g/mol. The van der Waals surface area contributed by atoms with E-state index in [1.54, 1.807) is 6.07 Å². The van der Waals surface area contributed by atoms with E-state index in [0.717, 1.165) is 28.2 Å². The van der Waals surface area contributed by atoms with Crippen molar-refractivity contribution in [2.45, 2.75) is 20.3 Å². The van der Waals surface area contributed by atoms with Crippen LogP contribution in [0.5, 0.6) is 0 Å². The van der Waals surface area contributed by atoms with Crippen LogP contribution in [0.1, 0.15) is 17.0 Å².